The fourth-order valence-electron chi connectivity index (χ4n) is 3.06. The van der Waals surface area contributed by atoms with Gasteiger partial charge in [-0.15, -0.1) is 0 Å². The lowest BCUT2D eigenvalue weighted by Gasteiger charge is -2.31. The Morgan fingerprint density at radius 1 is 1.47 bits per heavy atom. The Bertz CT molecular complexity index is 430. The van der Waals surface area contributed by atoms with Crippen LogP contribution in [0.3, 0.4) is 0 Å². The van der Waals surface area contributed by atoms with Gasteiger partial charge in [0.25, 0.3) is 0 Å². The van der Waals surface area contributed by atoms with Gasteiger partial charge in [-0.25, -0.2) is 0 Å². The second-order valence-electron chi connectivity index (χ2n) is 5.59. The van der Waals surface area contributed by atoms with E-state index in [0.717, 1.165) is 44.2 Å². The minimum absolute atomic E-state index is 0.139. The molecular weight excluding hydrogens is 242 g/mol. The van der Waals surface area contributed by atoms with Crippen LogP contribution in [0.4, 0.5) is 0 Å². The molecule has 2 unspecified atom stereocenters. The Morgan fingerprint density at radius 3 is 2.84 bits per heavy atom. The second-order valence-corrected chi connectivity index (χ2v) is 5.59. The van der Waals surface area contributed by atoms with Crippen LogP contribution in [0.1, 0.15) is 37.7 Å². The second kappa shape index (κ2) is 6.19. The van der Waals surface area contributed by atoms with E-state index in [1.54, 1.807) is 4.68 Å². The van der Waals surface area contributed by atoms with Crippen LogP contribution in [0.15, 0.2) is 12.4 Å². The van der Waals surface area contributed by atoms with Crippen molar-refractivity contribution < 1.29 is 9.90 Å². The van der Waals surface area contributed by atoms with E-state index in [0.29, 0.717) is 0 Å². The summed E-state index contributed by atoms with van der Waals surface area (Å²) in [5.74, 6) is -0.880. The minimum atomic E-state index is -0.648. The van der Waals surface area contributed by atoms with Gasteiger partial charge in [-0.1, -0.05) is 19.3 Å². The average Bonchev–Trinajstić information content (AvgIpc) is 2.65. The van der Waals surface area contributed by atoms with Crippen LogP contribution in [0, 0.1) is 5.92 Å². The first-order valence-electron chi connectivity index (χ1n) is 6.98. The first-order valence-corrected chi connectivity index (χ1v) is 6.98. The Morgan fingerprint density at radius 2 is 2.21 bits per heavy atom. The summed E-state index contributed by atoms with van der Waals surface area (Å²) in [5, 5.41) is 13.6. The number of nitrogens with zero attached hydrogens (tertiary/aromatic N) is 3. The van der Waals surface area contributed by atoms with E-state index in [2.05, 4.69) is 10.00 Å². The molecule has 1 aliphatic rings. The SMILES string of the molecule is CN(Cc1cnn(C)c1)C1CCCCCC1C(=O)O. The van der Waals surface area contributed by atoms with Crippen molar-refractivity contribution >= 4 is 5.97 Å². The summed E-state index contributed by atoms with van der Waals surface area (Å²) in [6, 6.07) is 0.139. The topological polar surface area (TPSA) is 58.4 Å². The fourth-order valence-corrected chi connectivity index (χ4v) is 3.06. The van der Waals surface area contributed by atoms with E-state index in [9.17, 15) is 9.90 Å². The summed E-state index contributed by atoms with van der Waals surface area (Å²) < 4.78 is 1.78. The van der Waals surface area contributed by atoms with Gasteiger partial charge >= 0.3 is 5.97 Å². The highest BCUT2D eigenvalue weighted by molar-refractivity contribution is 5.70. The summed E-state index contributed by atoms with van der Waals surface area (Å²) in [6.07, 6.45) is 8.94. The maximum Gasteiger partial charge on any atom is 0.308 e. The van der Waals surface area contributed by atoms with Gasteiger partial charge < -0.3 is 5.11 Å². The van der Waals surface area contributed by atoms with Crippen molar-refractivity contribution in [2.24, 2.45) is 13.0 Å². The molecular formula is C14H23N3O2. The normalized spacial score (nSPS) is 24.4. The molecule has 1 N–H and O–H groups in total. The van der Waals surface area contributed by atoms with Crippen molar-refractivity contribution in [3.05, 3.63) is 18.0 Å². The van der Waals surface area contributed by atoms with Crippen LogP contribution < -0.4 is 0 Å². The average molecular weight is 265 g/mol. The zero-order valence-electron chi connectivity index (χ0n) is 11.7. The van der Waals surface area contributed by atoms with Crippen molar-refractivity contribution in [3.8, 4) is 0 Å². The van der Waals surface area contributed by atoms with Crippen LogP contribution in [0.2, 0.25) is 0 Å². The van der Waals surface area contributed by atoms with Crippen LogP contribution in [-0.4, -0.2) is 38.8 Å². The molecule has 0 aliphatic heterocycles. The van der Waals surface area contributed by atoms with E-state index in [1.165, 1.54) is 0 Å². The number of carbonyl (C=O) groups is 1. The molecule has 1 aromatic rings. The van der Waals surface area contributed by atoms with Crippen molar-refractivity contribution in [2.45, 2.75) is 44.7 Å². The molecule has 1 heterocycles. The highest BCUT2D eigenvalue weighted by Gasteiger charge is 2.32. The zero-order valence-corrected chi connectivity index (χ0v) is 11.7. The molecule has 0 bridgehead atoms. The first-order chi connectivity index (χ1) is 9.08. The lowest BCUT2D eigenvalue weighted by Crippen LogP contribution is -2.40. The molecule has 106 valence electrons. The molecule has 2 atom stereocenters. The van der Waals surface area contributed by atoms with E-state index in [-0.39, 0.29) is 12.0 Å². The maximum atomic E-state index is 11.4. The highest BCUT2D eigenvalue weighted by atomic mass is 16.4. The fraction of sp³-hybridized carbons (Fsp3) is 0.714. The predicted octanol–water partition coefficient (Wildman–Crippen LogP) is 1.89. The van der Waals surface area contributed by atoms with Crippen molar-refractivity contribution in [1.82, 2.24) is 14.7 Å². The van der Waals surface area contributed by atoms with Gasteiger partial charge in [0.15, 0.2) is 0 Å². The third-order valence-corrected chi connectivity index (χ3v) is 4.05. The lowest BCUT2D eigenvalue weighted by atomic mass is 9.93. The molecule has 1 aliphatic carbocycles. The van der Waals surface area contributed by atoms with Crippen LogP contribution in [0.5, 0.6) is 0 Å². The molecule has 0 radical (unpaired) electrons. The third-order valence-electron chi connectivity index (χ3n) is 4.05. The number of hydrogen-bond donors (Lipinski definition) is 1. The number of hydrogen-bond acceptors (Lipinski definition) is 3. The number of aryl methyl sites for hydroxylation is 1. The summed E-state index contributed by atoms with van der Waals surface area (Å²) >= 11 is 0. The summed E-state index contributed by atoms with van der Waals surface area (Å²) in [6.45, 7) is 0.766. The third kappa shape index (κ3) is 3.56. The number of aromatic nitrogens is 2. The van der Waals surface area contributed by atoms with Gasteiger partial charge in [-0.3, -0.25) is 14.4 Å². The van der Waals surface area contributed by atoms with E-state index in [4.69, 9.17) is 0 Å². The Balaban J connectivity index is 2.05. The molecule has 0 amide bonds. The molecule has 5 nitrogen and oxygen atoms in total. The van der Waals surface area contributed by atoms with Gasteiger partial charge in [-0.05, 0) is 19.9 Å². The van der Waals surface area contributed by atoms with Crippen molar-refractivity contribution in [1.29, 1.82) is 0 Å². The molecule has 0 spiro atoms. The van der Waals surface area contributed by atoms with Gasteiger partial charge in [0.2, 0.25) is 0 Å². The van der Waals surface area contributed by atoms with E-state index < -0.39 is 5.97 Å². The number of carboxylic acid groups (broad SMARTS) is 1. The molecule has 5 heteroatoms. The highest BCUT2D eigenvalue weighted by Crippen LogP contribution is 2.27. The molecule has 0 saturated heterocycles. The molecule has 19 heavy (non-hydrogen) atoms. The molecule has 1 saturated carbocycles. The van der Waals surface area contributed by atoms with E-state index in [1.807, 2.05) is 26.5 Å². The molecule has 0 aromatic carbocycles. The predicted molar refractivity (Wildman–Crippen MR) is 72.7 cm³/mol. The smallest absolute Gasteiger partial charge is 0.308 e. The van der Waals surface area contributed by atoms with Gasteiger partial charge in [0.05, 0.1) is 12.1 Å². The monoisotopic (exact) mass is 265 g/mol. The van der Waals surface area contributed by atoms with Crippen LogP contribution in [-0.2, 0) is 18.4 Å². The summed E-state index contributed by atoms with van der Waals surface area (Å²) in [7, 11) is 3.92. The van der Waals surface area contributed by atoms with Gasteiger partial charge in [0, 0.05) is 31.4 Å². The van der Waals surface area contributed by atoms with Crippen LogP contribution in [0.25, 0.3) is 0 Å². The first kappa shape index (κ1) is 14.1. The van der Waals surface area contributed by atoms with Crippen LogP contribution >= 0.6 is 0 Å². The summed E-state index contributed by atoms with van der Waals surface area (Å²) in [4.78, 5) is 13.6. The Kier molecular flexibility index (Phi) is 4.58. The van der Waals surface area contributed by atoms with Crippen molar-refractivity contribution in [3.63, 3.8) is 0 Å². The molecule has 1 fully saturated rings. The molecule has 1 aromatic heterocycles. The standard InChI is InChI=1S/C14H23N3O2/c1-16(9-11-8-15-17(2)10-11)13-7-5-3-4-6-12(13)14(18)19/h8,10,12-13H,3-7,9H2,1-2H3,(H,18,19). The zero-order chi connectivity index (χ0) is 13.8. The number of aliphatic carboxylic acids is 1. The quantitative estimate of drug-likeness (QED) is 0.845. The Hall–Kier alpha value is -1.36. The lowest BCUT2D eigenvalue weighted by molar-refractivity contribution is -0.144. The van der Waals surface area contributed by atoms with Crippen molar-refractivity contribution in [2.75, 3.05) is 7.05 Å². The van der Waals surface area contributed by atoms with Gasteiger partial charge in [0.1, 0.15) is 0 Å². The number of carboxylic acids is 1. The maximum absolute atomic E-state index is 11.4. The molecule has 2 rings (SSSR count). The van der Waals surface area contributed by atoms with Gasteiger partial charge in [-0.2, -0.15) is 5.10 Å². The Labute approximate surface area is 114 Å². The number of rotatable bonds is 4. The van der Waals surface area contributed by atoms with E-state index >= 15 is 0 Å². The largest absolute Gasteiger partial charge is 0.481 e. The minimum Gasteiger partial charge on any atom is -0.481 e. The summed E-state index contributed by atoms with van der Waals surface area (Å²) in [5.41, 5.74) is 1.14.